The second-order valence-corrected chi connectivity index (χ2v) is 30.3. The molecule has 6 aromatic rings. The topological polar surface area (TPSA) is 583 Å². The molecule has 0 saturated heterocycles. The van der Waals surface area contributed by atoms with Gasteiger partial charge in [-0.15, -0.1) is 0 Å². The molecule has 0 fully saturated rings. The number of nitrogens with zero attached hydrogens (tertiary/aromatic N) is 2. The van der Waals surface area contributed by atoms with E-state index in [1.165, 1.54) is 0 Å². The first kappa shape index (κ1) is 90.8. The number of aromatic amines is 3. The number of guanidine groups is 2. The fraction of sp³-hybridized carbons (Fsp3) is 0.532. The minimum atomic E-state index is -1.46. The van der Waals surface area contributed by atoms with Crippen molar-refractivity contribution in [3.63, 3.8) is 0 Å². The van der Waals surface area contributed by atoms with Crippen molar-refractivity contribution in [2.45, 2.75) is 218 Å². The van der Waals surface area contributed by atoms with Gasteiger partial charge in [0.05, 0.1) is 6.04 Å². The molecule has 0 unspecified atom stereocenters. The molecule has 0 aliphatic rings. The molecule has 113 heavy (non-hydrogen) atoms. The number of amides is 10. The molecule has 11 atom stereocenters. The van der Waals surface area contributed by atoms with Gasteiger partial charge in [0, 0.05) is 77.2 Å². The van der Waals surface area contributed by atoms with E-state index in [4.69, 9.17) is 40.1 Å². The van der Waals surface area contributed by atoms with E-state index in [9.17, 15) is 38.7 Å². The molecule has 0 spiro atoms. The number of carboxylic acid groups (broad SMARTS) is 1. The van der Waals surface area contributed by atoms with E-state index < -0.39 is 143 Å². The van der Waals surface area contributed by atoms with Gasteiger partial charge in [-0.2, -0.15) is 0 Å². The SMILES string of the molecule is CC(C)C[C@H](NC(=O)[C@H](Cc1c[nH]c2ccccc12)NC(=O)[C@@H](NC(=O)[C@H](Cc1c[nH]c2ccccc12)NC(=O)[C@H](CC(C)C)NC(=O)[C@@H](NC(=O)[C@@H](N)Cc1c[nH]c2ccccc12)C(C)C)C(C)C)C(=O)N[C@@H](CCCN=C(N)N)C(=O)N[C@@H](CCCCN)C(=O)N[C@@H](CCCCN)C(=O)N[C@@H](CCCN=C(N)N)C(=O)O. The smallest absolute Gasteiger partial charge is 0.326 e. The van der Waals surface area contributed by atoms with Gasteiger partial charge in [0.1, 0.15) is 60.4 Å². The third kappa shape index (κ3) is 28.9. The van der Waals surface area contributed by atoms with Crippen LogP contribution in [0, 0.1) is 23.7 Å². The summed E-state index contributed by atoms with van der Waals surface area (Å²) in [5, 5.41) is 40.4. The average molecular weight is 1570 g/mol. The molecule has 618 valence electrons. The maximum Gasteiger partial charge on any atom is 0.326 e. The van der Waals surface area contributed by atoms with E-state index in [0.717, 1.165) is 27.4 Å². The lowest BCUT2D eigenvalue weighted by Crippen LogP contribution is -2.62. The van der Waals surface area contributed by atoms with Crippen LogP contribution in [-0.2, 0) is 72.0 Å². The van der Waals surface area contributed by atoms with Gasteiger partial charge in [-0.25, -0.2) is 4.79 Å². The zero-order valence-corrected chi connectivity index (χ0v) is 66.1. The van der Waals surface area contributed by atoms with E-state index in [1.807, 2.05) is 94.4 Å². The zero-order valence-electron chi connectivity index (χ0n) is 66.1. The lowest BCUT2D eigenvalue weighted by Gasteiger charge is -2.30. The van der Waals surface area contributed by atoms with E-state index in [1.54, 1.807) is 52.4 Å². The predicted octanol–water partition coefficient (Wildman–Crippen LogP) is 1.19. The summed E-state index contributed by atoms with van der Waals surface area (Å²) in [6.07, 6.45) is 6.97. The minimum Gasteiger partial charge on any atom is -0.480 e. The predicted molar refractivity (Wildman–Crippen MR) is 435 cm³/mol. The van der Waals surface area contributed by atoms with Crippen LogP contribution in [0.4, 0.5) is 0 Å². The molecule has 3 aromatic carbocycles. The summed E-state index contributed by atoms with van der Waals surface area (Å²) in [6, 6.07) is 7.78. The Morgan fingerprint density at radius 2 is 0.655 bits per heavy atom. The Morgan fingerprint density at radius 3 is 1.02 bits per heavy atom. The van der Waals surface area contributed by atoms with Crippen molar-refractivity contribution in [2.75, 3.05) is 26.2 Å². The molecule has 6 rings (SSSR count). The number of nitrogens with two attached hydrogens (primary N) is 7. The lowest BCUT2D eigenvalue weighted by atomic mass is 9.97. The van der Waals surface area contributed by atoms with Crippen LogP contribution in [0.2, 0.25) is 0 Å². The number of hydrogen-bond donors (Lipinski definition) is 21. The molecule has 0 bridgehead atoms. The molecule has 0 aliphatic carbocycles. The number of rotatable bonds is 49. The number of aliphatic carboxylic acids is 1. The number of aromatic nitrogens is 3. The Morgan fingerprint density at radius 1 is 0.363 bits per heavy atom. The van der Waals surface area contributed by atoms with Crippen molar-refractivity contribution in [1.29, 1.82) is 0 Å². The lowest BCUT2D eigenvalue weighted by molar-refractivity contribution is -0.142. The zero-order chi connectivity index (χ0) is 83.0. The Balaban J connectivity index is 1.27. The van der Waals surface area contributed by atoms with Crippen LogP contribution in [0.3, 0.4) is 0 Å². The highest BCUT2D eigenvalue weighted by molar-refractivity contribution is 6.00. The molecule has 3 heterocycles. The number of para-hydroxylation sites is 3. The van der Waals surface area contributed by atoms with Crippen molar-refractivity contribution in [2.24, 2.45) is 73.8 Å². The molecule has 0 aliphatic heterocycles. The molecule has 3 aromatic heterocycles. The number of fused-ring (bicyclic) bond motifs is 3. The normalized spacial score (nSPS) is 14.4. The molecule has 28 N–H and O–H groups in total. The second kappa shape index (κ2) is 45.4. The molecular formula is C79H120N22O12. The largest absolute Gasteiger partial charge is 0.480 e. The van der Waals surface area contributed by atoms with Crippen molar-refractivity contribution in [3.8, 4) is 0 Å². The van der Waals surface area contributed by atoms with Gasteiger partial charge in [-0.05, 0) is 155 Å². The first-order valence-electron chi connectivity index (χ1n) is 39.0. The highest BCUT2D eigenvalue weighted by Gasteiger charge is 2.38. The fourth-order valence-electron chi connectivity index (χ4n) is 13.3. The number of benzene rings is 3. The van der Waals surface area contributed by atoms with Crippen molar-refractivity contribution in [1.82, 2.24) is 68.1 Å². The Labute approximate surface area is 659 Å². The summed E-state index contributed by atoms with van der Waals surface area (Å²) in [7, 11) is 0. The minimum absolute atomic E-state index is 0.00298. The van der Waals surface area contributed by atoms with E-state index in [0.29, 0.717) is 47.7 Å². The van der Waals surface area contributed by atoms with Crippen molar-refractivity contribution in [3.05, 3.63) is 108 Å². The molecule has 0 saturated carbocycles. The summed E-state index contributed by atoms with van der Waals surface area (Å²) in [6.45, 7) is 14.8. The number of aliphatic imine (C=N–C) groups is 2. The average Bonchev–Trinajstić information content (AvgIpc) is 1.73. The third-order valence-corrected chi connectivity index (χ3v) is 19.4. The van der Waals surface area contributed by atoms with Crippen LogP contribution in [0.25, 0.3) is 32.7 Å². The van der Waals surface area contributed by atoms with Crippen LogP contribution in [-0.4, -0.2) is 190 Å². The number of carbonyl (C=O) groups excluding carboxylic acids is 10. The van der Waals surface area contributed by atoms with Gasteiger partial charge < -0.3 is 113 Å². The number of hydrogen-bond acceptors (Lipinski definition) is 16. The number of carbonyl (C=O) groups is 11. The van der Waals surface area contributed by atoms with Crippen LogP contribution >= 0.6 is 0 Å². The highest BCUT2D eigenvalue weighted by Crippen LogP contribution is 2.24. The molecule has 34 nitrogen and oxygen atoms in total. The van der Waals surface area contributed by atoms with Gasteiger partial charge >= 0.3 is 5.97 Å². The highest BCUT2D eigenvalue weighted by atomic mass is 16.4. The van der Waals surface area contributed by atoms with Crippen LogP contribution < -0.4 is 93.3 Å². The molecule has 34 heteroatoms. The molecule has 10 amide bonds. The van der Waals surface area contributed by atoms with Crippen molar-refractivity contribution >= 4 is 110 Å². The maximum atomic E-state index is 15.3. The van der Waals surface area contributed by atoms with Gasteiger partial charge in [0.25, 0.3) is 0 Å². The van der Waals surface area contributed by atoms with Crippen LogP contribution in [0.15, 0.2) is 101 Å². The maximum absolute atomic E-state index is 15.3. The fourth-order valence-corrected chi connectivity index (χ4v) is 13.3. The van der Waals surface area contributed by atoms with Crippen molar-refractivity contribution < 1.29 is 57.8 Å². The second-order valence-electron chi connectivity index (χ2n) is 30.3. The quantitative estimate of drug-likeness (QED) is 0.0145. The summed E-state index contributed by atoms with van der Waals surface area (Å²) in [5.74, 6) is -11.0. The number of nitrogens with one attached hydrogen (secondary N) is 13. The number of unbranched alkanes of at least 4 members (excludes halogenated alkanes) is 2. The summed E-state index contributed by atoms with van der Waals surface area (Å²) < 4.78 is 0. The van der Waals surface area contributed by atoms with Crippen LogP contribution in [0.1, 0.15) is 149 Å². The van der Waals surface area contributed by atoms with Gasteiger partial charge in [0.15, 0.2) is 11.9 Å². The number of carboxylic acids is 1. The summed E-state index contributed by atoms with van der Waals surface area (Å²) in [5.41, 5.74) is 44.7. The Kier molecular flexibility index (Phi) is 36.5. The number of H-pyrrole nitrogens is 3. The van der Waals surface area contributed by atoms with E-state index >= 15 is 19.2 Å². The first-order valence-corrected chi connectivity index (χ1v) is 39.0. The van der Waals surface area contributed by atoms with E-state index in [2.05, 4.69) is 78.1 Å². The monoisotopic (exact) mass is 1570 g/mol. The van der Waals surface area contributed by atoms with Gasteiger partial charge in [-0.3, -0.25) is 57.9 Å². The summed E-state index contributed by atoms with van der Waals surface area (Å²) >= 11 is 0. The third-order valence-electron chi connectivity index (χ3n) is 19.4. The standard InChI is InChI=1S/C79H120N22O12/c1-43(2)35-61(71(106)94-59(29-19-33-87-78(83)84)69(104)92-57(27-15-17-31-80)68(103)93-58(28-16-18-32-81)70(105)95-60(77(112)113)30-20-34-88-79(85)86)96-73(108)63(38-48-41-90-55-25-13-10-22-51(48)55)99-76(111)66(46(7)8)101-74(109)64(39-49-42-91-56-26-14-11-23-52(49)56)97-72(107)62(36-44(3)4)98-75(110)65(45(5)6)100-67(102)53(82)37-47-40-89-54-24-12-9-21-50(47)54/h9-14,21-26,40-46,53,57-66,89-91H,15-20,27-39,80-82H2,1-8H3,(H,92,104)(H,93,103)(H,94,106)(H,95,105)(H,96,108)(H,97,107)(H,98,110)(H,99,111)(H,100,102)(H,101,109)(H,112,113)(H4,83,84,87)(H4,85,86,88)/t53-,57-,58-,59-,60-,61-,62-,63-,64-,65-,66-/m0/s1. The first-order chi connectivity index (χ1) is 53.8. The Hall–Kier alpha value is -11.1. The molecular weight excluding hydrogens is 1450 g/mol. The summed E-state index contributed by atoms with van der Waals surface area (Å²) in [4.78, 5) is 177. The van der Waals surface area contributed by atoms with Crippen LogP contribution in [0.5, 0.6) is 0 Å². The Bertz CT molecular complexity index is 4210. The van der Waals surface area contributed by atoms with Gasteiger partial charge in [-0.1, -0.05) is 110 Å². The molecule has 0 radical (unpaired) electrons. The van der Waals surface area contributed by atoms with E-state index in [-0.39, 0.29) is 121 Å². The van der Waals surface area contributed by atoms with Gasteiger partial charge in [0.2, 0.25) is 59.1 Å².